The minimum atomic E-state index is -0.693. The maximum atomic E-state index is 13.4. The molecule has 0 saturated carbocycles. The zero-order valence-corrected chi connectivity index (χ0v) is 17.2. The number of carbonyl (C=O) groups is 2. The molecule has 1 fully saturated rings. The lowest BCUT2D eigenvalue weighted by atomic mass is 10.1. The third-order valence-corrected chi connectivity index (χ3v) is 5.87. The predicted molar refractivity (Wildman–Crippen MR) is 108 cm³/mol. The normalized spacial score (nSPS) is 18.0. The number of hydrogen-bond donors (Lipinski definition) is 0. The van der Waals surface area contributed by atoms with Crippen molar-refractivity contribution in [1.82, 2.24) is 14.4 Å². The Balaban J connectivity index is 1.52. The van der Waals surface area contributed by atoms with Crippen LogP contribution in [-0.4, -0.2) is 39.2 Å². The summed E-state index contributed by atoms with van der Waals surface area (Å²) >= 11 is 6.26. The molecule has 0 aliphatic carbocycles. The van der Waals surface area contributed by atoms with E-state index in [0.29, 0.717) is 28.9 Å². The van der Waals surface area contributed by atoms with Gasteiger partial charge in [-0.05, 0) is 30.7 Å². The summed E-state index contributed by atoms with van der Waals surface area (Å²) in [5, 5.41) is 0.514. The zero-order chi connectivity index (χ0) is 21.0. The first-order chi connectivity index (χ1) is 14.5. The van der Waals surface area contributed by atoms with Crippen molar-refractivity contribution in [3.8, 4) is 0 Å². The van der Waals surface area contributed by atoms with E-state index in [1.165, 1.54) is 9.80 Å². The van der Waals surface area contributed by atoms with E-state index in [4.69, 9.17) is 16.0 Å². The molecule has 0 bridgehead atoms. The molecule has 2 aliphatic rings. The van der Waals surface area contributed by atoms with Crippen LogP contribution in [0.4, 0.5) is 10.7 Å². The molecule has 0 spiro atoms. The Kier molecular flexibility index (Phi) is 4.25. The van der Waals surface area contributed by atoms with Crippen LogP contribution in [0.1, 0.15) is 23.1 Å². The standard InChI is InChI=1S/C21H19ClN5O3/c1-13-10-26-17-18(23-20(26)25(13)12-15-7-5-9-30-15)24(2)21(29)27(19(17)28)11-14-6-3-4-8-16(14)22/h3-10,17H,11-12H2,1-2H3/q+1. The van der Waals surface area contributed by atoms with E-state index in [1.807, 2.05) is 52.6 Å². The third-order valence-electron chi connectivity index (χ3n) is 5.50. The smallest absolute Gasteiger partial charge is 0.402 e. The van der Waals surface area contributed by atoms with Crippen molar-refractivity contribution in [1.29, 1.82) is 0 Å². The number of halogens is 1. The number of rotatable bonds is 4. The van der Waals surface area contributed by atoms with Gasteiger partial charge in [0.1, 0.15) is 24.2 Å². The van der Waals surface area contributed by atoms with E-state index >= 15 is 0 Å². The topological polar surface area (TPSA) is 74.9 Å². The van der Waals surface area contributed by atoms with E-state index in [2.05, 4.69) is 4.99 Å². The van der Waals surface area contributed by atoms with Crippen molar-refractivity contribution in [2.75, 3.05) is 7.05 Å². The van der Waals surface area contributed by atoms with Crippen LogP contribution < -0.4 is 4.57 Å². The monoisotopic (exact) mass is 424 g/mol. The van der Waals surface area contributed by atoms with Crippen molar-refractivity contribution in [2.24, 2.45) is 4.99 Å². The Bertz CT molecular complexity index is 1200. The maximum absolute atomic E-state index is 13.4. The third kappa shape index (κ3) is 2.75. The van der Waals surface area contributed by atoms with Gasteiger partial charge in [-0.1, -0.05) is 34.8 Å². The van der Waals surface area contributed by atoms with Gasteiger partial charge >= 0.3 is 12.0 Å². The molecule has 5 rings (SSSR count). The lowest BCUT2D eigenvalue weighted by molar-refractivity contribution is -0.677. The summed E-state index contributed by atoms with van der Waals surface area (Å²) in [7, 11) is 1.64. The number of imide groups is 1. The molecule has 3 aromatic rings. The van der Waals surface area contributed by atoms with Crippen molar-refractivity contribution >= 4 is 35.3 Å². The van der Waals surface area contributed by atoms with Gasteiger partial charge in [0, 0.05) is 12.1 Å². The fourth-order valence-corrected chi connectivity index (χ4v) is 4.12. The number of carbonyl (C=O) groups excluding carboxylic acids is 2. The number of likely N-dealkylation sites (N-methyl/N-ethyl adjacent to an activating group) is 1. The van der Waals surface area contributed by atoms with Gasteiger partial charge < -0.3 is 4.42 Å². The number of nitrogens with zero attached hydrogens (tertiary/aromatic N) is 5. The summed E-state index contributed by atoms with van der Waals surface area (Å²) in [6.07, 6.45) is 3.50. The molecule has 4 heterocycles. The summed E-state index contributed by atoms with van der Waals surface area (Å²) in [6, 6.07) is 9.80. The fraction of sp³-hybridized carbons (Fsp3) is 0.238. The number of fused-ring (bicyclic) bond motifs is 3. The summed E-state index contributed by atoms with van der Waals surface area (Å²) in [5.74, 6) is 1.49. The average Bonchev–Trinajstić information content (AvgIpc) is 3.43. The van der Waals surface area contributed by atoms with E-state index in [9.17, 15) is 9.59 Å². The first-order valence-corrected chi connectivity index (χ1v) is 9.88. The lowest BCUT2D eigenvalue weighted by Gasteiger charge is -2.33. The lowest BCUT2D eigenvalue weighted by Crippen LogP contribution is -2.62. The quantitative estimate of drug-likeness (QED) is 0.604. The second kappa shape index (κ2) is 6.84. The molecule has 0 N–H and O–H groups in total. The Morgan fingerprint density at radius 3 is 2.70 bits per heavy atom. The van der Waals surface area contributed by atoms with Gasteiger partial charge in [-0.15, -0.1) is 0 Å². The number of furan rings is 1. The van der Waals surface area contributed by atoms with Crippen LogP contribution >= 0.6 is 11.6 Å². The van der Waals surface area contributed by atoms with Crippen LogP contribution in [0.5, 0.6) is 0 Å². The number of aryl methyl sites for hydroxylation is 1. The number of amidine groups is 1. The van der Waals surface area contributed by atoms with Crippen LogP contribution in [0, 0.1) is 6.92 Å². The highest BCUT2D eigenvalue weighted by Gasteiger charge is 2.53. The highest BCUT2D eigenvalue weighted by molar-refractivity contribution is 6.31. The van der Waals surface area contributed by atoms with Crippen molar-refractivity contribution in [2.45, 2.75) is 26.1 Å². The number of hydrogen-bond acceptors (Lipinski definition) is 4. The van der Waals surface area contributed by atoms with Gasteiger partial charge in [0.05, 0.1) is 12.8 Å². The Labute approximate surface area is 177 Å². The van der Waals surface area contributed by atoms with Gasteiger partial charge in [-0.25, -0.2) is 13.9 Å². The number of aliphatic imine (C=N–C) groups is 1. The zero-order valence-electron chi connectivity index (χ0n) is 16.4. The predicted octanol–water partition coefficient (Wildman–Crippen LogP) is 3.06. The van der Waals surface area contributed by atoms with E-state index in [0.717, 1.165) is 11.5 Å². The summed E-state index contributed by atoms with van der Waals surface area (Å²) in [6.45, 7) is 2.54. The van der Waals surface area contributed by atoms with Crippen molar-refractivity contribution in [3.05, 3.63) is 70.9 Å². The van der Waals surface area contributed by atoms with E-state index in [-0.39, 0.29) is 12.5 Å². The second-order valence-corrected chi connectivity index (χ2v) is 7.78. The van der Waals surface area contributed by atoms with Crippen LogP contribution in [0.2, 0.25) is 5.02 Å². The highest BCUT2D eigenvalue weighted by atomic mass is 35.5. The van der Waals surface area contributed by atoms with Crippen LogP contribution in [0.3, 0.4) is 0 Å². The first kappa shape index (κ1) is 18.6. The second-order valence-electron chi connectivity index (χ2n) is 7.37. The molecular weight excluding hydrogens is 406 g/mol. The number of aromatic nitrogens is 2. The SMILES string of the molecule is Cc1c[n+]2c(n1Cc1ccco1)N=C1C2C(=O)N(Cc2ccccc2Cl)C(=O)N1C. The van der Waals surface area contributed by atoms with Crippen LogP contribution in [0.15, 0.2) is 58.3 Å². The summed E-state index contributed by atoms with van der Waals surface area (Å²) in [5.41, 5.74) is 1.65. The van der Waals surface area contributed by atoms with Gasteiger partial charge in [0.2, 0.25) is 11.9 Å². The molecule has 3 amide bonds. The molecule has 0 radical (unpaired) electrons. The molecule has 8 nitrogen and oxygen atoms in total. The molecule has 9 heteroatoms. The maximum Gasteiger partial charge on any atom is 0.402 e. The number of benzene rings is 1. The highest BCUT2D eigenvalue weighted by Crippen LogP contribution is 2.31. The molecule has 1 atom stereocenters. The molecule has 1 aromatic carbocycles. The summed E-state index contributed by atoms with van der Waals surface area (Å²) < 4.78 is 9.25. The van der Waals surface area contributed by atoms with Crippen LogP contribution in [-0.2, 0) is 17.9 Å². The largest absolute Gasteiger partial charge is 0.466 e. The minimum absolute atomic E-state index is 0.105. The van der Waals surface area contributed by atoms with Crippen molar-refractivity contribution < 1.29 is 18.6 Å². The minimum Gasteiger partial charge on any atom is -0.466 e. The Morgan fingerprint density at radius 2 is 1.97 bits per heavy atom. The molecule has 1 saturated heterocycles. The van der Waals surface area contributed by atoms with E-state index < -0.39 is 12.1 Å². The van der Waals surface area contributed by atoms with Crippen LogP contribution in [0.25, 0.3) is 0 Å². The average molecular weight is 425 g/mol. The fourth-order valence-electron chi connectivity index (χ4n) is 3.93. The van der Waals surface area contributed by atoms with Crippen molar-refractivity contribution in [3.63, 3.8) is 0 Å². The number of amides is 3. The first-order valence-electron chi connectivity index (χ1n) is 9.50. The molecule has 152 valence electrons. The van der Waals surface area contributed by atoms with Gasteiger partial charge in [0.25, 0.3) is 5.91 Å². The molecule has 2 aromatic heterocycles. The van der Waals surface area contributed by atoms with Gasteiger partial charge in [0.15, 0.2) is 0 Å². The summed E-state index contributed by atoms with van der Waals surface area (Å²) in [4.78, 5) is 33.6. The molecule has 30 heavy (non-hydrogen) atoms. The number of urea groups is 1. The Morgan fingerprint density at radius 1 is 1.17 bits per heavy atom. The van der Waals surface area contributed by atoms with Gasteiger partial charge in [-0.3, -0.25) is 14.6 Å². The molecule has 2 aliphatic heterocycles. The number of imidazole rings is 1. The molecule has 1 unspecified atom stereocenters. The molecular formula is C21H19ClN5O3+. The van der Waals surface area contributed by atoms with Gasteiger partial charge in [-0.2, -0.15) is 0 Å². The van der Waals surface area contributed by atoms with E-state index in [1.54, 1.807) is 19.4 Å². The Hall–Kier alpha value is -3.39.